The monoisotopic (exact) mass is 407 g/mol. The second kappa shape index (κ2) is 7.60. The van der Waals surface area contributed by atoms with Crippen LogP contribution in [0.15, 0.2) is 30.3 Å². The fourth-order valence-electron chi connectivity index (χ4n) is 1.62. The summed E-state index contributed by atoms with van der Waals surface area (Å²) in [5.74, 6) is -0.847. The van der Waals surface area contributed by atoms with Crippen molar-refractivity contribution in [2.75, 3.05) is 0 Å². The molecule has 0 heterocycles. The van der Waals surface area contributed by atoms with Crippen molar-refractivity contribution < 1.29 is 22.5 Å². The summed E-state index contributed by atoms with van der Waals surface area (Å²) in [6, 6.07) is 7.68. The standard InChI is InChI=1S/C14H18INO5/c1-14(2,3)20-13(19)16-10(11(17)12(18)21-15)9-7-5-4-6-8-9/h4-8,10-11,17H,1-3H3,(H,16,19). The minimum Gasteiger partial charge on any atom is -0.444 e. The maximum absolute atomic E-state index is 11.9. The molecule has 7 heteroatoms. The van der Waals surface area contributed by atoms with Gasteiger partial charge < -0.3 is 18.2 Å². The third-order valence-electron chi connectivity index (χ3n) is 2.46. The van der Waals surface area contributed by atoms with E-state index in [0.29, 0.717) is 5.56 Å². The maximum atomic E-state index is 11.9. The van der Waals surface area contributed by atoms with Gasteiger partial charge in [0.1, 0.15) is 5.60 Å². The molecule has 2 N–H and O–H groups in total. The van der Waals surface area contributed by atoms with Crippen molar-refractivity contribution in [2.45, 2.75) is 38.5 Å². The molecule has 2 unspecified atom stereocenters. The summed E-state index contributed by atoms with van der Waals surface area (Å²) in [5, 5.41) is 12.5. The van der Waals surface area contributed by atoms with Crippen molar-refractivity contribution in [3.63, 3.8) is 0 Å². The molecule has 1 aromatic rings. The van der Waals surface area contributed by atoms with E-state index in [1.807, 2.05) is 0 Å². The van der Waals surface area contributed by atoms with Gasteiger partial charge in [-0.3, -0.25) is 0 Å². The molecule has 1 amide bonds. The number of hydrogen-bond acceptors (Lipinski definition) is 5. The van der Waals surface area contributed by atoms with Crippen LogP contribution in [0.1, 0.15) is 32.4 Å². The first kappa shape index (κ1) is 17.7. The van der Waals surface area contributed by atoms with Gasteiger partial charge in [-0.1, -0.05) is 30.3 Å². The zero-order chi connectivity index (χ0) is 16.0. The van der Waals surface area contributed by atoms with Crippen LogP contribution < -0.4 is 5.32 Å². The third-order valence-corrected chi connectivity index (χ3v) is 2.90. The summed E-state index contributed by atoms with van der Waals surface area (Å²) >= 11 is 1.38. The van der Waals surface area contributed by atoms with Crippen LogP contribution in [0, 0.1) is 0 Å². The summed E-state index contributed by atoms with van der Waals surface area (Å²) in [5.41, 5.74) is -0.113. The molecule has 2 atom stereocenters. The van der Waals surface area contributed by atoms with Crippen LogP contribution in [0.2, 0.25) is 0 Å². The van der Waals surface area contributed by atoms with Crippen LogP contribution in [0.25, 0.3) is 0 Å². The summed E-state index contributed by atoms with van der Waals surface area (Å²) in [6.45, 7) is 5.17. The number of ether oxygens (including phenoxy) is 1. The van der Waals surface area contributed by atoms with Gasteiger partial charge in [-0.2, -0.15) is 0 Å². The molecule has 6 nitrogen and oxygen atoms in total. The fourth-order valence-corrected chi connectivity index (χ4v) is 1.88. The van der Waals surface area contributed by atoms with Gasteiger partial charge in [0.2, 0.25) is 0 Å². The van der Waals surface area contributed by atoms with E-state index in [4.69, 9.17) is 4.74 Å². The lowest BCUT2D eigenvalue weighted by molar-refractivity contribution is -0.142. The van der Waals surface area contributed by atoms with Crippen LogP contribution >= 0.6 is 23.0 Å². The normalized spacial score (nSPS) is 14.0. The van der Waals surface area contributed by atoms with Crippen molar-refractivity contribution in [3.8, 4) is 0 Å². The second-order valence-corrected chi connectivity index (χ2v) is 5.82. The second-order valence-electron chi connectivity index (χ2n) is 5.38. The number of aliphatic hydroxyl groups excluding tert-OH is 1. The number of amides is 1. The number of carbonyl (C=O) groups excluding carboxylic acids is 2. The molecule has 0 saturated heterocycles. The van der Waals surface area contributed by atoms with E-state index in [9.17, 15) is 14.7 Å². The first-order valence-electron chi connectivity index (χ1n) is 6.29. The van der Waals surface area contributed by atoms with E-state index in [-0.39, 0.29) is 0 Å². The molecule has 0 aromatic heterocycles. The molecular formula is C14H18INO5. The number of alkyl carbamates (subject to hydrolysis) is 1. The quantitative estimate of drug-likeness (QED) is 0.750. The Bertz CT molecular complexity index is 486. The van der Waals surface area contributed by atoms with E-state index in [1.165, 1.54) is 23.0 Å². The molecule has 0 fully saturated rings. The van der Waals surface area contributed by atoms with E-state index >= 15 is 0 Å². The zero-order valence-electron chi connectivity index (χ0n) is 12.0. The van der Waals surface area contributed by atoms with Crippen LogP contribution in [0.5, 0.6) is 0 Å². The lowest BCUT2D eigenvalue weighted by Crippen LogP contribution is -2.42. The smallest absolute Gasteiger partial charge is 0.408 e. The van der Waals surface area contributed by atoms with E-state index in [1.54, 1.807) is 51.1 Å². The van der Waals surface area contributed by atoms with Crippen molar-refractivity contribution in [1.82, 2.24) is 5.32 Å². The molecule has 1 rings (SSSR count). The third kappa shape index (κ3) is 5.88. The minimum absolute atomic E-state index is 0.567. The van der Waals surface area contributed by atoms with E-state index in [0.717, 1.165) is 0 Å². The van der Waals surface area contributed by atoms with Gasteiger partial charge in [0.05, 0.1) is 6.04 Å². The number of aliphatic hydroxyl groups is 1. The average Bonchev–Trinajstić information content (AvgIpc) is 2.42. The Morgan fingerprint density at radius 3 is 2.29 bits per heavy atom. The molecule has 0 saturated carbocycles. The molecule has 0 aliphatic rings. The van der Waals surface area contributed by atoms with Gasteiger partial charge in [-0.25, -0.2) is 9.59 Å². The number of rotatable bonds is 4. The Kier molecular flexibility index (Phi) is 6.41. The first-order chi connectivity index (χ1) is 9.74. The van der Waals surface area contributed by atoms with Gasteiger partial charge in [-0.15, -0.1) is 0 Å². The fraction of sp³-hybridized carbons (Fsp3) is 0.429. The number of nitrogens with one attached hydrogen (secondary N) is 1. The van der Waals surface area contributed by atoms with Gasteiger partial charge in [-0.05, 0) is 26.3 Å². The summed E-state index contributed by atoms with van der Waals surface area (Å²) in [4.78, 5) is 23.4. The molecule has 0 aliphatic heterocycles. The SMILES string of the molecule is CC(C)(C)OC(=O)NC(c1ccccc1)C(O)C(=O)OI. The van der Waals surface area contributed by atoms with Crippen LogP contribution in [0.3, 0.4) is 0 Å². The first-order valence-corrected chi connectivity index (χ1v) is 7.17. The summed E-state index contributed by atoms with van der Waals surface area (Å²) in [6.07, 6.45) is -2.26. The molecule has 0 spiro atoms. The summed E-state index contributed by atoms with van der Waals surface area (Å²) in [7, 11) is 0. The largest absolute Gasteiger partial charge is 0.444 e. The van der Waals surface area contributed by atoms with E-state index in [2.05, 4.69) is 8.38 Å². The summed E-state index contributed by atoms with van der Waals surface area (Å²) < 4.78 is 9.62. The highest BCUT2D eigenvalue weighted by molar-refractivity contribution is 14.1. The van der Waals surface area contributed by atoms with Crippen molar-refractivity contribution >= 4 is 35.1 Å². The van der Waals surface area contributed by atoms with Gasteiger partial charge in [0, 0.05) is 0 Å². The molecule has 21 heavy (non-hydrogen) atoms. The number of benzene rings is 1. The Morgan fingerprint density at radius 1 is 1.24 bits per heavy atom. The Balaban J connectivity index is 2.93. The molecule has 116 valence electrons. The van der Waals surface area contributed by atoms with Crippen LogP contribution in [0.4, 0.5) is 4.79 Å². The van der Waals surface area contributed by atoms with Crippen LogP contribution in [-0.4, -0.2) is 28.9 Å². The molecular weight excluding hydrogens is 389 g/mol. The predicted molar refractivity (Wildman–Crippen MR) is 84.7 cm³/mol. The lowest BCUT2D eigenvalue weighted by Gasteiger charge is -2.25. The Morgan fingerprint density at radius 2 is 1.81 bits per heavy atom. The Labute approximate surface area is 137 Å². The number of carbonyl (C=O) groups is 2. The molecule has 0 bridgehead atoms. The van der Waals surface area contributed by atoms with Gasteiger partial charge in [0.25, 0.3) is 0 Å². The highest BCUT2D eigenvalue weighted by Crippen LogP contribution is 2.19. The van der Waals surface area contributed by atoms with Crippen LogP contribution in [-0.2, 0) is 12.6 Å². The topological polar surface area (TPSA) is 84.9 Å². The lowest BCUT2D eigenvalue weighted by atomic mass is 10.0. The van der Waals surface area contributed by atoms with Gasteiger partial charge >= 0.3 is 12.1 Å². The predicted octanol–water partition coefficient (Wildman–Crippen LogP) is 2.51. The van der Waals surface area contributed by atoms with Gasteiger partial charge in [0.15, 0.2) is 29.1 Å². The molecule has 0 aliphatic carbocycles. The highest BCUT2D eigenvalue weighted by atomic mass is 127. The maximum Gasteiger partial charge on any atom is 0.408 e. The average molecular weight is 407 g/mol. The van der Waals surface area contributed by atoms with Crippen molar-refractivity contribution in [2.24, 2.45) is 0 Å². The van der Waals surface area contributed by atoms with Crippen molar-refractivity contribution in [3.05, 3.63) is 35.9 Å². The van der Waals surface area contributed by atoms with Crippen molar-refractivity contribution in [1.29, 1.82) is 0 Å². The Hall–Kier alpha value is -1.35. The minimum atomic E-state index is -1.53. The highest BCUT2D eigenvalue weighted by Gasteiger charge is 2.31. The number of hydrogen-bond donors (Lipinski definition) is 2. The number of halogens is 1. The zero-order valence-corrected chi connectivity index (χ0v) is 14.2. The van der Waals surface area contributed by atoms with E-state index < -0.39 is 29.8 Å². The molecule has 0 radical (unpaired) electrons. The molecule has 1 aromatic carbocycles.